The summed E-state index contributed by atoms with van der Waals surface area (Å²) in [4.78, 5) is 7.17. The number of nitrogens with zero attached hydrogens (tertiary/aromatic N) is 2. The van der Waals surface area contributed by atoms with Crippen LogP contribution in [0, 0.1) is 13.8 Å². The Morgan fingerprint density at radius 2 is 1.96 bits per heavy atom. The maximum atomic E-state index is 5.77. The van der Waals surface area contributed by atoms with Gasteiger partial charge in [0.05, 0.1) is 6.61 Å². The predicted octanol–water partition coefficient (Wildman–Crippen LogP) is 4.57. The largest absolute Gasteiger partial charge is 0.493 e. The van der Waals surface area contributed by atoms with E-state index in [1.807, 2.05) is 0 Å². The van der Waals surface area contributed by atoms with E-state index in [1.165, 1.54) is 36.1 Å². The third-order valence-electron chi connectivity index (χ3n) is 5.78. The zero-order valence-electron chi connectivity index (χ0n) is 15.6. The van der Waals surface area contributed by atoms with Crippen molar-refractivity contribution in [3.63, 3.8) is 0 Å². The SMILES string of the molecule is Cc1cc(C2CCCN([C@@H](C)c3ccc4c(c3)OCC4)C2)cc(C)n1. The van der Waals surface area contributed by atoms with Crippen molar-refractivity contribution in [2.24, 2.45) is 0 Å². The van der Waals surface area contributed by atoms with Crippen LogP contribution < -0.4 is 4.74 Å². The molecule has 4 rings (SSSR count). The molecule has 0 radical (unpaired) electrons. The lowest BCUT2D eigenvalue weighted by Crippen LogP contribution is -2.36. The molecule has 0 bridgehead atoms. The highest BCUT2D eigenvalue weighted by Gasteiger charge is 2.26. The molecule has 25 heavy (non-hydrogen) atoms. The molecule has 1 saturated heterocycles. The highest BCUT2D eigenvalue weighted by atomic mass is 16.5. The maximum Gasteiger partial charge on any atom is 0.122 e. The van der Waals surface area contributed by atoms with E-state index in [-0.39, 0.29) is 0 Å². The summed E-state index contributed by atoms with van der Waals surface area (Å²) in [6.07, 6.45) is 3.59. The fraction of sp³-hybridized carbons (Fsp3) is 0.500. The summed E-state index contributed by atoms with van der Waals surface area (Å²) >= 11 is 0. The maximum absolute atomic E-state index is 5.77. The highest BCUT2D eigenvalue weighted by Crippen LogP contribution is 2.35. The number of likely N-dealkylation sites (tertiary alicyclic amines) is 1. The van der Waals surface area contributed by atoms with E-state index in [9.17, 15) is 0 Å². The molecule has 1 unspecified atom stereocenters. The van der Waals surface area contributed by atoms with Gasteiger partial charge in [0.1, 0.15) is 5.75 Å². The Bertz CT molecular complexity index is 750. The van der Waals surface area contributed by atoms with Crippen molar-refractivity contribution in [3.05, 3.63) is 58.4 Å². The minimum absolute atomic E-state index is 0.432. The summed E-state index contributed by atoms with van der Waals surface area (Å²) < 4.78 is 5.77. The van der Waals surface area contributed by atoms with Crippen LogP contribution in [0.4, 0.5) is 0 Å². The monoisotopic (exact) mass is 336 g/mol. The zero-order chi connectivity index (χ0) is 17.4. The van der Waals surface area contributed by atoms with Gasteiger partial charge >= 0.3 is 0 Å². The number of hydrogen-bond acceptors (Lipinski definition) is 3. The van der Waals surface area contributed by atoms with Crippen LogP contribution in [0.15, 0.2) is 30.3 Å². The smallest absolute Gasteiger partial charge is 0.122 e. The number of benzene rings is 1. The summed E-state index contributed by atoms with van der Waals surface area (Å²) in [7, 11) is 0. The molecule has 3 heterocycles. The van der Waals surface area contributed by atoms with E-state index in [1.54, 1.807) is 0 Å². The Morgan fingerprint density at radius 1 is 1.16 bits per heavy atom. The van der Waals surface area contributed by atoms with Crippen molar-refractivity contribution in [3.8, 4) is 5.75 Å². The van der Waals surface area contributed by atoms with E-state index in [4.69, 9.17) is 4.74 Å². The summed E-state index contributed by atoms with van der Waals surface area (Å²) in [5.74, 6) is 1.71. The van der Waals surface area contributed by atoms with Gasteiger partial charge in [-0.25, -0.2) is 0 Å². The number of fused-ring (bicyclic) bond motifs is 1. The van der Waals surface area contributed by atoms with Crippen LogP contribution >= 0.6 is 0 Å². The Balaban J connectivity index is 1.52. The van der Waals surface area contributed by atoms with E-state index in [0.717, 1.165) is 36.7 Å². The Morgan fingerprint density at radius 3 is 2.76 bits per heavy atom. The van der Waals surface area contributed by atoms with Crippen LogP contribution in [0.5, 0.6) is 5.75 Å². The lowest BCUT2D eigenvalue weighted by Gasteiger charge is -2.37. The van der Waals surface area contributed by atoms with E-state index < -0.39 is 0 Å². The van der Waals surface area contributed by atoms with Crippen LogP contribution in [0.1, 0.15) is 59.8 Å². The van der Waals surface area contributed by atoms with Crippen LogP contribution in [-0.2, 0) is 6.42 Å². The molecule has 1 aromatic heterocycles. The average molecular weight is 336 g/mol. The molecular weight excluding hydrogens is 308 g/mol. The number of aromatic nitrogens is 1. The zero-order valence-corrected chi connectivity index (χ0v) is 15.6. The molecule has 2 atom stereocenters. The quantitative estimate of drug-likeness (QED) is 0.821. The average Bonchev–Trinajstić information content (AvgIpc) is 3.08. The Kier molecular flexibility index (Phi) is 4.51. The van der Waals surface area contributed by atoms with E-state index in [2.05, 4.69) is 61.0 Å². The lowest BCUT2D eigenvalue weighted by molar-refractivity contribution is 0.158. The molecule has 132 valence electrons. The van der Waals surface area contributed by atoms with Crippen LogP contribution in [-0.4, -0.2) is 29.6 Å². The van der Waals surface area contributed by atoms with Crippen LogP contribution in [0.2, 0.25) is 0 Å². The van der Waals surface area contributed by atoms with Crippen LogP contribution in [0.3, 0.4) is 0 Å². The molecule has 0 amide bonds. The third kappa shape index (κ3) is 3.43. The fourth-order valence-corrected chi connectivity index (χ4v) is 4.39. The molecule has 1 fully saturated rings. The molecule has 2 aromatic rings. The first-order valence-corrected chi connectivity index (χ1v) is 9.55. The minimum Gasteiger partial charge on any atom is -0.493 e. The van der Waals surface area contributed by atoms with Gasteiger partial charge in [0, 0.05) is 30.4 Å². The molecule has 3 heteroatoms. The number of pyridine rings is 1. The van der Waals surface area contributed by atoms with Gasteiger partial charge < -0.3 is 4.74 Å². The third-order valence-corrected chi connectivity index (χ3v) is 5.78. The molecule has 3 nitrogen and oxygen atoms in total. The number of piperidine rings is 1. The number of hydrogen-bond donors (Lipinski definition) is 0. The van der Waals surface area contributed by atoms with Gasteiger partial charge in [-0.05, 0) is 81.0 Å². The predicted molar refractivity (Wildman–Crippen MR) is 101 cm³/mol. The van der Waals surface area contributed by atoms with Crippen molar-refractivity contribution in [2.75, 3.05) is 19.7 Å². The van der Waals surface area contributed by atoms with Crippen molar-refractivity contribution < 1.29 is 4.74 Å². The van der Waals surface area contributed by atoms with Gasteiger partial charge in [0.25, 0.3) is 0 Å². The van der Waals surface area contributed by atoms with Crippen molar-refractivity contribution >= 4 is 0 Å². The first kappa shape index (κ1) is 16.6. The molecule has 0 N–H and O–H groups in total. The van der Waals surface area contributed by atoms with Crippen molar-refractivity contribution in [1.82, 2.24) is 9.88 Å². The summed E-state index contributed by atoms with van der Waals surface area (Å²) in [5, 5.41) is 0. The highest BCUT2D eigenvalue weighted by molar-refractivity contribution is 5.41. The molecule has 0 saturated carbocycles. The van der Waals surface area contributed by atoms with Gasteiger partial charge in [0.15, 0.2) is 0 Å². The van der Waals surface area contributed by atoms with Gasteiger partial charge in [-0.1, -0.05) is 12.1 Å². The summed E-state index contributed by atoms with van der Waals surface area (Å²) in [6.45, 7) is 9.68. The van der Waals surface area contributed by atoms with E-state index >= 15 is 0 Å². The van der Waals surface area contributed by atoms with Crippen molar-refractivity contribution in [2.45, 2.75) is 52.0 Å². The van der Waals surface area contributed by atoms with Gasteiger partial charge in [-0.3, -0.25) is 9.88 Å². The number of aryl methyl sites for hydroxylation is 2. The molecule has 2 aliphatic rings. The Hall–Kier alpha value is -1.87. The van der Waals surface area contributed by atoms with Gasteiger partial charge in [0.2, 0.25) is 0 Å². The second-order valence-electron chi connectivity index (χ2n) is 7.66. The van der Waals surface area contributed by atoms with Crippen molar-refractivity contribution in [1.29, 1.82) is 0 Å². The number of ether oxygens (including phenoxy) is 1. The fourth-order valence-electron chi connectivity index (χ4n) is 4.39. The standard InChI is InChI=1S/C22H28N2O/c1-15-11-21(12-16(2)23-15)20-5-4-9-24(14-20)17(3)19-7-6-18-8-10-25-22(18)13-19/h6-7,11-13,17,20H,4-5,8-10,14H2,1-3H3/t17-,20?/m0/s1. The lowest BCUT2D eigenvalue weighted by atomic mass is 9.89. The number of rotatable bonds is 3. The normalized spacial score (nSPS) is 21.6. The molecule has 2 aliphatic heterocycles. The molecule has 0 spiro atoms. The molecular formula is C22H28N2O. The second kappa shape index (κ2) is 6.80. The topological polar surface area (TPSA) is 25.4 Å². The second-order valence-corrected chi connectivity index (χ2v) is 7.66. The summed E-state index contributed by atoms with van der Waals surface area (Å²) in [6, 6.07) is 11.8. The van der Waals surface area contributed by atoms with Gasteiger partial charge in [-0.15, -0.1) is 0 Å². The summed E-state index contributed by atoms with van der Waals surface area (Å²) in [5.41, 5.74) is 6.46. The minimum atomic E-state index is 0.432. The van der Waals surface area contributed by atoms with Gasteiger partial charge in [-0.2, -0.15) is 0 Å². The molecule has 1 aromatic carbocycles. The first-order chi connectivity index (χ1) is 12.1. The molecule has 0 aliphatic carbocycles. The van der Waals surface area contributed by atoms with Crippen LogP contribution in [0.25, 0.3) is 0 Å². The Labute approximate surface area is 151 Å². The first-order valence-electron chi connectivity index (χ1n) is 9.55. The van der Waals surface area contributed by atoms with E-state index in [0.29, 0.717) is 12.0 Å².